The van der Waals surface area contributed by atoms with Crippen LogP contribution in [0, 0.1) is 12.1 Å². The van der Waals surface area contributed by atoms with Gasteiger partial charge in [-0.3, -0.25) is 9.89 Å². The Morgan fingerprint density at radius 2 is 1.97 bits per heavy atom. The van der Waals surface area contributed by atoms with Gasteiger partial charge in [0.15, 0.2) is 5.76 Å². The minimum absolute atomic E-state index is 0.0556. The number of benzene rings is 1. The van der Waals surface area contributed by atoms with Crippen molar-refractivity contribution in [2.75, 3.05) is 5.32 Å². The Bertz CT molecular complexity index is 1660. The predicted molar refractivity (Wildman–Crippen MR) is 126 cm³/mol. The van der Waals surface area contributed by atoms with Gasteiger partial charge in [0.1, 0.15) is 22.5 Å². The molecule has 6 rings (SSSR count). The highest BCUT2D eigenvalue weighted by atomic mass is 32.1. The lowest BCUT2D eigenvalue weighted by atomic mass is 10.1. The largest absolute Gasteiger partial charge is 0.478 e. The molecule has 0 saturated carbocycles. The van der Waals surface area contributed by atoms with E-state index < -0.39 is 11.9 Å². The van der Waals surface area contributed by atoms with Gasteiger partial charge in [-0.2, -0.15) is 5.10 Å². The van der Waals surface area contributed by atoms with Crippen molar-refractivity contribution in [1.29, 1.82) is 0 Å². The van der Waals surface area contributed by atoms with E-state index in [1.54, 1.807) is 35.8 Å². The maximum absolute atomic E-state index is 12.8. The molecule has 0 radical (unpaired) electrons. The Labute approximate surface area is 195 Å². The molecule has 34 heavy (non-hydrogen) atoms. The monoisotopic (exact) mass is 467 g/mol. The molecule has 1 amide bonds. The number of nitrogens with zero attached hydrogens (tertiary/aromatic N) is 1. The zero-order chi connectivity index (χ0) is 23.2. The normalized spacial score (nSPS) is 11.1. The number of hydrogen-bond donors (Lipinski definition) is 3. The van der Waals surface area contributed by atoms with Gasteiger partial charge in [0.2, 0.25) is 0 Å². The summed E-state index contributed by atoms with van der Waals surface area (Å²) in [6, 6.07) is 19.6. The number of anilines is 1. The Hall–Kier alpha value is -4.81. The number of aromatic carboxylic acids is 1. The number of fused-ring (bicyclic) bond motifs is 2. The molecule has 0 atom stereocenters. The molecule has 0 aliphatic heterocycles. The maximum Gasteiger partial charge on any atom is 0.339 e. The van der Waals surface area contributed by atoms with Crippen LogP contribution in [-0.2, 0) is 0 Å². The number of thiophene rings is 1. The van der Waals surface area contributed by atoms with E-state index in [2.05, 4.69) is 27.6 Å². The third kappa shape index (κ3) is 3.21. The number of rotatable bonds is 5. The maximum atomic E-state index is 12.8. The van der Waals surface area contributed by atoms with Gasteiger partial charge in [-0.15, -0.1) is 11.3 Å². The molecule has 0 aliphatic carbocycles. The quantitative estimate of drug-likeness (QED) is 0.292. The first-order chi connectivity index (χ1) is 16.6. The van der Waals surface area contributed by atoms with Crippen LogP contribution in [0.15, 0.2) is 68.9 Å². The lowest BCUT2D eigenvalue weighted by Crippen LogP contribution is -2.13. The highest BCUT2D eigenvalue weighted by Crippen LogP contribution is 2.40. The number of aromatic nitrogens is 2. The number of furan rings is 2. The topological polar surface area (TPSA) is 121 Å². The standard InChI is InChI=1S/C25H13N3O5S/c29-24(20-10-13-4-1-2-7-18(13)32-20)27-17-12-34-23(21(17)25(30)31)19-11-14-5-3-6-15(22(14)33-19)16-8-9-26-28-16/h3-12H,(H,26,28)(H,27,29)(H,30,31). The summed E-state index contributed by atoms with van der Waals surface area (Å²) in [6.07, 6.45) is 1.65. The molecule has 9 heteroatoms. The van der Waals surface area contributed by atoms with E-state index in [0.717, 1.165) is 16.6 Å². The van der Waals surface area contributed by atoms with Crippen LogP contribution in [0.2, 0.25) is 0 Å². The second-order valence-corrected chi connectivity index (χ2v) is 8.30. The van der Waals surface area contributed by atoms with E-state index in [4.69, 9.17) is 8.83 Å². The fourth-order valence-corrected chi connectivity index (χ4v) is 4.75. The first kappa shape index (κ1) is 19.8. The smallest absolute Gasteiger partial charge is 0.339 e. The molecule has 3 N–H and O–H groups in total. The van der Waals surface area contributed by atoms with Crippen LogP contribution in [0.4, 0.5) is 5.69 Å². The van der Waals surface area contributed by atoms with E-state index in [1.165, 1.54) is 11.3 Å². The lowest BCUT2D eigenvalue weighted by Gasteiger charge is -2.03. The predicted octanol–water partition coefficient (Wildman–Crippen LogP) is 5.85. The highest BCUT2D eigenvalue weighted by Gasteiger charge is 2.25. The van der Waals surface area contributed by atoms with Gasteiger partial charge in [-0.25, -0.2) is 4.79 Å². The third-order valence-electron chi connectivity index (χ3n) is 5.34. The number of nitrogens with one attached hydrogen (secondary N) is 2. The summed E-state index contributed by atoms with van der Waals surface area (Å²) in [5.41, 5.74) is 2.79. The number of carboxylic acid groups (broad SMARTS) is 1. The Morgan fingerprint density at radius 3 is 2.76 bits per heavy atom. The molecule has 0 bridgehead atoms. The number of carboxylic acids is 1. The summed E-state index contributed by atoms with van der Waals surface area (Å²) in [7, 11) is 0. The summed E-state index contributed by atoms with van der Waals surface area (Å²) >= 11 is 1.17. The molecular formula is C25H13N3O5S. The van der Waals surface area contributed by atoms with Gasteiger partial charge in [0, 0.05) is 34.0 Å². The van der Waals surface area contributed by atoms with Crippen molar-refractivity contribution >= 4 is 50.8 Å². The molecule has 0 spiro atoms. The van der Waals surface area contributed by atoms with Crippen molar-refractivity contribution < 1.29 is 23.5 Å². The number of carbonyl (C=O) groups excluding carboxylic acids is 1. The second-order valence-electron chi connectivity index (χ2n) is 7.43. The summed E-state index contributed by atoms with van der Waals surface area (Å²) in [6.45, 7) is 0. The van der Waals surface area contributed by atoms with Crippen molar-refractivity contribution in [3.8, 4) is 21.9 Å². The van der Waals surface area contributed by atoms with E-state index in [1.807, 2.05) is 24.3 Å². The first-order valence-corrected chi connectivity index (χ1v) is 11.0. The molecule has 4 aromatic heterocycles. The number of para-hydroxylation sites is 1. The molecule has 2 aromatic carbocycles. The van der Waals surface area contributed by atoms with Crippen molar-refractivity contribution in [2.45, 2.75) is 0 Å². The minimum atomic E-state index is -1.19. The fourth-order valence-electron chi connectivity index (χ4n) is 3.80. The van der Waals surface area contributed by atoms with E-state index in [0.29, 0.717) is 27.2 Å². The third-order valence-corrected chi connectivity index (χ3v) is 6.34. The summed E-state index contributed by atoms with van der Waals surface area (Å²) in [4.78, 5) is 25.3. The minimum Gasteiger partial charge on any atom is -0.478 e. The van der Waals surface area contributed by atoms with Crippen LogP contribution in [0.1, 0.15) is 20.9 Å². The number of aromatic amines is 1. The van der Waals surface area contributed by atoms with Gasteiger partial charge < -0.3 is 19.3 Å². The van der Waals surface area contributed by atoms with Gasteiger partial charge in [0.05, 0.1) is 16.3 Å². The average Bonchev–Trinajstić information content (AvgIpc) is 3.63. The van der Waals surface area contributed by atoms with Gasteiger partial charge >= 0.3 is 5.97 Å². The van der Waals surface area contributed by atoms with Gasteiger partial charge in [-0.05, 0) is 30.3 Å². The van der Waals surface area contributed by atoms with Crippen molar-refractivity contribution in [3.63, 3.8) is 0 Å². The van der Waals surface area contributed by atoms with E-state index in [9.17, 15) is 14.7 Å². The Balaban J connectivity index is 1.39. The first-order valence-electron chi connectivity index (χ1n) is 10.1. The summed E-state index contributed by atoms with van der Waals surface area (Å²) in [5.74, 6) is -1.30. The fraction of sp³-hybridized carbons (Fsp3) is 0. The molecule has 8 nitrogen and oxygen atoms in total. The molecular weight excluding hydrogens is 454 g/mol. The molecule has 0 saturated heterocycles. The van der Waals surface area contributed by atoms with Gasteiger partial charge in [0.25, 0.3) is 5.91 Å². The zero-order valence-electron chi connectivity index (χ0n) is 17.2. The Kier molecular flexibility index (Phi) is 4.47. The number of amides is 1. The SMILES string of the molecule is O=C(Nc1csc(-c2cc3cccc(-c4ccn[nH]4)c3o2)c1C(=O)O)c1cc2cc#ccc2o1. The van der Waals surface area contributed by atoms with E-state index in [-0.39, 0.29) is 17.0 Å². The molecule has 164 valence electrons. The zero-order valence-corrected chi connectivity index (χ0v) is 18.0. The number of hydrogen-bond acceptors (Lipinski definition) is 6. The molecule has 0 fully saturated rings. The number of carbonyl (C=O) groups is 2. The number of H-pyrrole nitrogens is 1. The molecule has 4 heterocycles. The molecule has 6 aromatic rings. The van der Waals surface area contributed by atoms with Crippen LogP contribution in [0.5, 0.6) is 0 Å². The van der Waals surface area contributed by atoms with Gasteiger partial charge in [-0.1, -0.05) is 24.3 Å². The van der Waals surface area contributed by atoms with Crippen LogP contribution < -0.4 is 5.32 Å². The summed E-state index contributed by atoms with van der Waals surface area (Å²) in [5, 5.41) is 22.6. The molecule has 0 aliphatic rings. The molecule has 0 unspecified atom stereocenters. The van der Waals surface area contributed by atoms with Crippen molar-refractivity contribution in [1.82, 2.24) is 10.2 Å². The van der Waals surface area contributed by atoms with Crippen LogP contribution >= 0.6 is 11.3 Å². The Morgan fingerprint density at radius 1 is 1.09 bits per heavy atom. The summed E-state index contributed by atoms with van der Waals surface area (Å²) < 4.78 is 11.7. The lowest BCUT2D eigenvalue weighted by molar-refractivity contribution is 0.0699. The highest BCUT2D eigenvalue weighted by molar-refractivity contribution is 7.14. The van der Waals surface area contributed by atoms with Crippen LogP contribution in [0.25, 0.3) is 43.8 Å². The second kappa shape index (κ2) is 7.65. The van der Waals surface area contributed by atoms with E-state index >= 15 is 0 Å². The van der Waals surface area contributed by atoms with Crippen LogP contribution in [-0.4, -0.2) is 27.2 Å². The van der Waals surface area contributed by atoms with Crippen LogP contribution in [0.3, 0.4) is 0 Å². The van der Waals surface area contributed by atoms with Crippen molar-refractivity contribution in [2.24, 2.45) is 0 Å². The average molecular weight is 467 g/mol. The van der Waals surface area contributed by atoms with Crippen molar-refractivity contribution in [3.05, 3.63) is 83.6 Å².